The van der Waals surface area contributed by atoms with Crippen LogP contribution in [0.1, 0.15) is 35.3 Å². The Kier molecular flexibility index (Phi) is 5.89. The maximum absolute atomic E-state index is 14.5. The Morgan fingerprint density at radius 1 is 1.26 bits per heavy atom. The monoisotopic (exact) mass is 478 g/mol. The first-order valence-electron chi connectivity index (χ1n) is 11.2. The van der Waals surface area contributed by atoms with Crippen molar-refractivity contribution in [1.82, 2.24) is 9.88 Å². The fourth-order valence-corrected chi connectivity index (χ4v) is 4.91. The summed E-state index contributed by atoms with van der Waals surface area (Å²) in [6.07, 6.45) is 0.923. The predicted molar refractivity (Wildman–Crippen MR) is 113 cm³/mol. The molecule has 1 aliphatic carbocycles. The zero-order chi connectivity index (χ0) is 23.9. The largest absolute Gasteiger partial charge is 0.493 e. The van der Waals surface area contributed by atoms with Gasteiger partial charge in [-0.05, 0) is 30.3 Å². The van der Waals surface area contributed by atoms with Gasteiger partial charge in [-0.15, -0.1) is 0 Å². The first-order chi connectivity index (χ1) is 16.3. The molecule has 1 aromatic heterocycles. The van der Waals surface area contributed by atoms with Gasteiger partial charge in [-0.1, -0.05) is 0 Å². The smallest absolute Gasteiger partial charge is 0.254 e. The zero-order valence-corrected chi connectivity index (χ0v) is 18.6. The van der Waals surface area contributed by atoms with Gasteiger partial charge in [0.15, 0.2) is 11.5 Å². The van der Waals surface area contributed by atoms with E-state index in [0.717, 1.165) is 0 Å². The number of alkyl halides is 2. The van der Waals surface area contributed by atoms with Crippen LogP contribution in [0.5, 0.6) is 11.5 Å². The number of nitrogens with zero attached hydrogens (tertiary/aromatic N) is 2. The number of hydrogen-bond donors (Lipinski definition) is 0. The Bertz CT molecular complexity index is 1080. The van der Waals surface area contributed by atoms with Crippen molar-refractivity contribution < 1.29 is 36.9 Å². The molecule has 2 saturated heterocycles. The average molecular weight is 478 g/mol. The van der Waals surface area contributed by atoms with Crippen molar-refractivity contribution in [2.45, 2.75) is 36.9 Å². The van der Waals surface area contributed by atoms with Crippen LogP contribution in [0.25, 0.3) is 0 Å². The lowest BCUT2D eigenvalue weighted by molar-refractivity contribution is -0.119. The molecular formula is C24H25F3N2O5. The molecule has 10 heteroatoms. The van der Waals surface area contributed by atoms with Crippen molar-refractivity contribution in [2.24, 2.45) is 5.92 Å². The molecule has 3 heterocycles. The van der Waals surface area contributed by atoms with Gasteiger partial charge < -0.3 is 23.8 Å². The Morgan fingerprint density at radius 3 is 2.82 bits per heavy atom. The maximum Gasteiger partial charge on any atom is 0.254 e. The van der Waals surface area contributed by atoms with Gasteiger partial charge >= 0.3 is 0 Å². The molecule has 0 unspecified atom stereocenters. The molecule has 3 aliphatic rings. The third kappa shape index (κ3) is 4.09. The molecule has 182 valence electrons. The Balaban J connectivity index is 1.27. The molecule has 34 heavy (non-hydrogen) atoms. The Hall–Kier alpha value is -2.85. The van der Waals surface area contributed by atoms with Gasteiger partial charge in [-0.25, -0.2) is 13.2 Å². The molecule has 0 spiro atoms. The van der Waals surface area contributed by atoms with Crippen LogP contribution in [0.15, 0.2) is 36.5 Å². The van der Waals surface area contributed by atoms with Crippen LogP contribution in [0.2, 0.25) is 0 Å². The number of methoxy groups -OCH3 is 1. The normalized spacial score (nSPS) is 26.0. The number of ether oxygens (including phenoxy) is 4. The van der Waals surface area contributed by atoms with Crippen LogP contribution in [-0.2, 0) is 15.1 Å². The summed E-state index contributed by atoms with van der Waals surface area (Å²) in [5.41, 5.74) is -0.456. The summed E-state index contributed by atoms with van der Waals surface area (Å²) < 4.78 is 63.1. The molecule has 7 nitrogen and oxygen atoms in total. The van der Waals surface area contributed by atoms with Crippen LogP contribution in [-0.4, -0.2) is 61.4 Å². The number of carbonyl (C=O) groups is 1. The lowest BCUT2D eigenvalue weighted by Crippen LogP contribution is -2.54. The van der Waals surface area contributed by atoms with Crippen molar-refractivity contribution in [3.63, 3.8) is 0 Å². The van der Waals surface area contributed by atoms with Crippen molar-refractivity contribution in [3.8, 4) is 11.5 Å². The Morgan fingerprint density at radius 2 is 2.09 bits per heavy atom. The molecule has 2 aliphatic heterocycles. The highest BCUT2D eigenvalue weighted by Gasteiger charge is 2.53. The first kappa shape index (κ1) is 22.9. The van der Waals surface area contributed by atoms with Crippen LogP contribution in [0.3, 0.4) is 0 Å². The quantitative estimate of drug-likeness (QED) is 0.630. The number of aromatic nitrogens is 1. The summed E-state index contributed by atoms with van der Waals surface area (Å²) in [5.74, 6) is -2.77. The summed E-state index contributed by atoms with van der Waals surface area (Å²) in [6.45, 7) is 0.697. The van der Waals surface area contributed by atoms with Crippen molar-refractivity contribution in [2.75, 3.05) is 33.6 Å². The van der Waals surface area contributed by atoms with E-state index in [1.807, 2.05) is 0 Å². The van der Waals surface area contributed by atoms with Gasteiger partial charge in [-0.2, -0.15) is 0 Å². The first-order valence-corrected chi connectivity index (χ1v) is 11.2. The summed E-state index contributed by atoms with van der Waals surface area (Å²) in [7, 11) is 1.45. The molecule has 2 aromatic rings. The van der Waals surface area contributed by atoms with Crippen LogP contribution in [0, 0.1) is 11.7 Å². The zero-order valence-electron chi connectivity index (χ0n) is 18.6. The van der Waals surface area contributed by atoms with Crippen LogP contribution >= 0.6 is 0 Å². The van der Waals surface area contributed by atoms with Gasteiger partial charge in [0, 0.05) is 43.5 Å². The molecular weight excluding hydrogens is 453 g/mol. The van der Waals surface area contributed by atoms with Gasteiger partial charge in [0.2, 0.25) is 5.92 Å². The minimum Gasteiger partial charge on any atom is -0.493 e. The number of hydrogen-bond acceptors (Lipinski definition) is 6. The Labute approximate surface area is 194 Å². The van der Waals surface area contributed by atoms with Crippen LogP contribution in [0.4, 0.5) is 13.2 Å². The molecule has 3 fully saturated rings. The highest BCUT2D eigenvalue weighted by molar-refractivity contribution is 5.95. The highest BCUT2D eigenvalue weighted by atomic mass is 19.3. The molecule has 1 amide bonds. The van der Waals surface area contributed by atoms with Crippen molar-refractivity contribution >= 4 is 5.91 Å². The number of carbonyl (C=O) groups excluding carboxylic acids is 1. The van der Waals surface area contributed by atoms with Crippen molar-refractivity contribution in [1.29, 1.82) is 0 Å². The highest BCUT2D eigenvalue weighted by Crippen LogP contribution is 2.44. The number of likely N-dealkylation sites (tertiary alicyclic amines) is 1. The second kappa shape index (κ2) is 8.74. The third-order valence-corrected chi connectivity index (χ3v) is 6.75. The molecule has 1 saturated carbocycles. The number of rotatable bonds is 6. The summed E-state index contributed by atoms with van der Waals surface area (Å²) in [4.78, 5) is 19.0. The third-order valence-electron chi connectivity index (χ3n) is 6.75. The minimum absolute atomic E-state index is 0.00447. The van der Waals surface area contributed by atoms with Gasteiger partial charge in [0.1, 0.15) is 30.0 Å². The van der Waals surface area contributed by atoms with Gasteiger partial charge in [-0.3, -0.25) is 9.78 Å². The fourth-order valence-electron chi connectivity index (χ4n) is 4.91. The van der Waals surface area contributed by atoms with Gasteiger partial charge in [0.25, 0.3) is 5.91 Å². The van der Waals surface area contributed by atoms with E-state index in [4.69, 9.17) is 18.9 Å². The fraction of sp³-hybridized carbons (Fsp3) is 0.500. The lowest BCUT2D eigenvalue weighted by Gasteiger charge is -2.41. The van der Waals surface area contributed by atoms with Gasteiger partial charge in [0.05, 0.1) is 20.3 Å². The van der Waals surface area contributed by atoms with E-state index < -0.39 is 23.4 Å². The summed E-state index contributed by atoms with van der Waals surface area (Å²) in [5, 5.41) is 0. The van der Waals surface area contributed by atoms with E-state index in [-0.39, 0.29) is 50.3 Å². The average Bonchev–Trinajstić information content (AvgIpc) is 3.25. The minimum atomic E-state index is -2.60. The summed E-state index contributed by atoms with van der Waals surface area (Å²) >= 11 is 0. The molecule has 0 bridgehead atoms. The van der Waals surface area contributed by atoms with E-state index in [2.05, 4.69) is 4.98 Å². The number of halogens is 3. The predicted octanol–water partition coefficient (Wildman–Crippen LogP) is 3.77. The van der Waals surface area contributed by atoms with E-state index in [1.54, 1.807) is 23.1 Å². The van der Waals surface area contributed by atoms with E-state index >= 15 is 0 Å². The SMILES string of the molecule is COc1cc(C(=O)N2CC[C@]3(c4ncccc4F)OCO[C@@H]3C2)ccc1OCC1CC(F)(F)C1. The van der Waals surface area contributed by atoms with E-state index in [9.17, 15) is 18.0 Å². The number of fused-ring (bicyclic) bond motifs is 1. The standard InChI is InChI=1S/C24H25F3N2O5/c1-31-19-9-16(4-5-18(19)32-13-15-10-23(26,27)11-15)22(30)29-8-6-24(20(12-29)33-14-34-24)21-17(25)3-2-7-28-21/h2-5,7,9,15,20H,6,8,10-14H2,1H3/t20-,24+/m1/s1. The lowest BCUT2D eigenvalue weighted by atomic mass is 9.82. The number of benzene rings is 1. The van der Waals surface area contributed by atoms with E-state index in [0.29, 0.717) is 30.0 Å². The summed E-state index contributed by atoms with van der Waals surface area (Å²) in [6, 6.07) is 7.64. The number of pyridine rings is 1. The molecule has 2 atom stereocenters. The van der Waals surface area contributed by atoms with Crippen molar-refractivity contribution in [3.05, 3.63) is 53.6 Å². The van der Waals surface area contributed by atoms with E-state index in [1.165, 1.54) is 25.4 Å². The molecule has 0 radical (unpaired) electrons. The maximum atomic E-state index is 14.5. The molecule has 1 aromatic carbocycles. The molecule has 0 N–H and O–H groups in total. The second-order valence-electron chi connectivity index (χ2n) is 8.95. The topological polar surface area (TPSA) is 70.1 Å². The van der Waals surface area contributed by atoms with Crippen LogP contribution < -0.4 is 9.47 Å². The second-order valence-corrected chi connectivity index (χ2v) is 8.95. The molecule has 5 rings (SSSR count). The number of amides is 1. The number of piperidine rings is 1.